The first kappa shape index (κ1) is 28.7. The van der Waals surface area contributed by atoms with Gasteiger partial charge in [0.15, 0.2) is 5.69 Å². The van der Waals surface area contributed by atoms with Gasteiger partial charge in [-0.2, -0.15) is 18.3 Å². The summed E-state index contributed by atoms with van der Waals surface area (Å²) in [6.07, 6.45) is 5.21. The van der Waals surface area contributed by atoms with Crippen molar-refractivity contribution in [2.24, 2.45) is 5.92 Å². The lowest BCUT2D eigenvalue weighted by atomic mass is 9.86. The third-order valence-electron chi connectivity index (χ3n) is 7.70. The highest BCUT2D eigenvalue weighted by molar-refractivity contribution is 6.35. The molecule has 0 N–H and O–H groups in total. The van der Waals surface area contributed by atoms with Crippen molar-refractivity contribution in [1.29, 1.82) is 0 Å². The van der Waals surface area contributed by atoms with E-state index in [9.17, 15) is 22.8 Å². The van der Waals surface area contributed by atoms with Crippen molar-refractivity contribution in [1.82, 2.24) is 19.7 Å². The summed E-state index contributed by atoms with van der Waals surface area (Å²) in [5.74, 6) is -1.38. The van der Waals surface area contributed by atoms with Gasteiger partial charge in [0.25, 0.3) is 5.91 Å². The number of hydrogen-bond acceptors (Lipinski definition) is 5. The zero-order valence-corrected chi connectivity index (χ0v) is 22.7. The van der Waals surface area contributed by atoms with Crippen molar-refractivity contribution in [3.63, 3.8) is 0 Å². The maximum absolute atomic E-state index is 14.4. The first-order valence-corrected chi connectivity index (χ1v) is 13.7. The van der Waals surface area contributed by atoms with Crippen LogP contribution >= 0.6 is 23.2 Å². The van der Waals surface area contributed by atoms with E-state index < -0.39 is 29.4 Å². The van der Waals surface area contributed by atoms with Crippen LogP contribution in [0.25, 0.3) is 0 Å². The minimum atomic E-state index is -4.78. The Morgan fingerprint density at radius 2 is 1.66 bits per heavy atom. The predicted octanol–water partition coefficient (Wildman–Crippen LogP) is 6.53. The highest BCUT2D eigenvalue weighted by Crippen LogP contribution is 2.40. The van der Waals surface area contributed by atoms with Crippen LogP contribution in [0, 0.1) is 5.92 Å². The highest BCUT2D eigenvalue weighted by atomic mass is 35.5. The van der Waals surface area contributed by atoms with Gasteiger partial charge in [0.1, 0.15) is 0 Å². The molecule has 2 fully saturated rings. The van der Waals surface area contributed by atoms with E-state index in [1.54, 1.807) is 0 Å². The molecule has 0 bridgehead atoms. The summed E-state index contributed by atoms with van der Waals surface area (Å²) >= 11 is 12.5. The van der Waals surface area contributed by atoms with Crippen molar-refractivity contribution in [2.75, 3.05) is 13.7 Å². The first-order chi connectivity index (χ1) is 18.1. The van der Waals surface area contributed by atoms with E-state index in [0.717, 1.165) is 43.0 Å². The summed E-state index contributed by atoms with van der Waals surface area (Å²) in [5.41, 5.74) is -0.888. The van der Waals surface area contributed by atoms with E-state index in [1.807, 2.05) is 0 Å². The summed E-state index contributed by atoms with van der Waals surface area (Å²) in [7, 11) is 1.30. The van der Waals surface area contributed by atoms with E-state index in [-0.39, 0.29) is 30.9 Å². The van der Waals surface area contributed by atoms with E-state index in [1.165, 1.54) is 24.4 Å². The number of ether oxygens (including phenoxy) is 1. The molecule has 1 amide bonds. The molecule has 208 valence electrons. The molecule has 12 heteroatoms. The van der Waals surface area contributed by atoms with Gasteiger partial charge in [-0.1, -0.05) is 42.5 Å². The normalized spacial score (nSPS) is 20.8. The molecule has 2 aromatic rings. The molecule has 0 aromatic carbocycles. The topological polar surface area (TPSA) is 77.3 Å². The third kappa shape index (κ3) is 6.28. The van der Waals surface area contributed by atoms with E-state index in [0.29, 0.717) is 41.3 Å². The molecule has 2 aliphatic carbocycles. The van der Waals surface area contributed by atoms with Crippen molar-refractivity contribution in [2.45, 2.75) is 82.5 Å². The van der Waals surface area contributed by atoms with Crippen LogP contribution in [0.15, 0.2) is 18.6 Å². The molecule has 0 saturated heterocycles. The van der Waals surface area contributed by atoms with Crippen molar-refractivity contribution < 1.29 is 27.5 Å². The lowest BCUT2D eigenvalue weighted by molar-refractivity contribution is -0.149. The number of carbonyl (C=O) groups excluding carboxylic acids is 2. The number of alkyl halides is 3. The number of halogens is 5. The minimum absolute atomic E-state index is 0.166. The van der Waals surface area contributed by atoms with Gasteiger partial charge in [0, 0.05) is 25.0 Å². The molecule has 2 aliphatic rings. The number of pyridine rings is 1. The van der Waals surface area contributed by atoms with Crippen molar-refractivity contribution in [3.8, 4) is 0 Å². The Hall–Kier alpha value is -2.33. The predicted molar refractivity (Wildman–Crippen MR) is 136 cm³/mol. The Morgan fingerprint density at radius 3 is 2.24 bits per heavy atom. The number of methoxy groups -OCH3 is 1. The van der Waals surface area contributed by atoms with E-state index >= 15 is 0 Å². The van der Waals surface area contributed by atoms with Gasteiger partial charge >= 0.3 is 12.1 Å². The fourth-order valence-corrected chi connectivity index (χ4v) is 6.26. The summed E-state index contributed by atoms with van der Waals surface area (Å²) in [6, 6.07) is -0.748. The molecule has 2 heterocycles. The van der Waals surface area contributed by atoms with Crippen LogP contribution in [0.1, 0.15) is 85.4 Å². The molecule has 2 saturated carbocycles. The molecule has 0 unspecified atom stereocenters. The fraction of sp³-hybridized carbons (Fsp3) is 0.615. The fourth-order valence-electron chi connectivity index (χ4n) is 5.71. The molecule has 38 heavy (non-hydrogen) atoms. The lowest BCUT2D eigenvalue weighted by Crippen LogP contribution is -2.43. The second kappa shape index (κ2) is 12.2. The number of amides is 1. The van der Waals surface area contributed by atoms with Crippen molar-refractivity contribution >= 4 is 35.1 Å². The largest absolute Gasteiger partial charge is 0.469 e. The second-order valence-electron chi connectivity index (χ2n) is 10.00. The van der Waals surface area contributed by atoms with Crippen LogP contribution in [-0.4, -0.2) is 51.2 Å². The van der Waals surface area contributed by atoms with E-state index in [2.05, 4.69) is 10.1 Å². The maximum atomic E-state index is 14.4. The number of nitrogens with zero attached hydrogens (tertiary/aromatic N) is 4. The number of aromatic nitrogens is 3. The molecule has 0 spiro atoms. The molecule has 0 aliphatic heterocycles. The Bertz CT molecular complexity index is 1120. The minimum Gasteiger partial charge on any atom is -0.469 e. The Balaban J connectivity index is 1.62. The molecule has 2 aromatic heterocycles. The number of carbonyl (C=O) groups is 2. The lowest BCUT2D eigenvalue weighted by Gasteiger charge is -2.35. The van der Waals surface area contributed by atoms with Gasteiger partial charge in [0.05, 0.1) is 40.9 Å². The maximum Gasteiger partial charge on any atom is 0.433 e. The monoisotopic (exact) mass is 574 g/mol. The molecule has 0 radical (unpaired) electrons. The molecular formula is C26H31Cl2F3N4O3. The third-order valence-corrected chi connectivity index (χ3v) is 8.35. The average molecular weight is 575 g/mol. The zero-order chi connectivity index (χ0) is 27.4. The van der Waals surface area contributed by atoms with Gasteiger partial charge in [-0.15, -0.1) is 0 Å². The summed E-state index contributed by atoms with van der Waals surface area (Å²) in [4.78, 5) is 31.2. The van der Waals surface area contributed by atoms with Crippen LogP contribution < -0.4 is 0 Å². The van der Waals surface area contributed by atoms with Crippen LogP contribution in [0.3, 0.4) is 0 Å². The van der Waals surface area contributed by atoms with Gasteiger partial charge < -0.3 is 9.64 Å². The zero-order valence-electron chi connectivity index (χ0n) is 21.1. The SMILES string of the molecule is COC(=O)C1CCC(n2ncc(C(=O)N(CCc3c(Cl)cncc3Cl)C3CCCCC3)c2C(F)(F)F)CC1. The van der Waals surface area contributed by atoms with Gasteiger partial charge in [-0.25, -0.2) is 0 Å². The van der Waals surface area contributed by atoms with Crippen LogP contribution in [0.4, 0.5) is 13.2 Å². The quantitative estimate of drug-likeness (QED) is 0.351. The van der Waals surface area contributed by atoms with E-state index in [4.69, 9.17) is 27.9 Å². The average Bonchev–Trinajstić information content (AvgIpc) is 3.36. The van der Waals surface area contributed by atoms with Crippen LogP contribution in [-0.2, 0) is 22.1 Å². The Labute approximate surface area is 229 Å². The standard InChI is InChI=1S/C26H31Cl2F3N4O3/c1-38-25(37)16-7-9-18(10-8-16)35-23(26(29,30)31)20(13-33-35)24(36)34(17-5-3-2-4-6-17)12-11-19-21(27)14-32-15-22(19)28/h13-18H,2-12H2,1H3. The van der Waals surface area contributed by atoms with Crippen LogP contribution in [0.5, 0.6) is 0 Å². The number of esters is 1. The van der Waals surface area contributed by atoms with Crippen molar-refractivity contribution in [3.05, 3.63) is 45.5 Å². The summed E-state index contributed by atoms with van der Waals surface area (Å²) < 4.78 is 49.0. The smallest absolute Gasteiger partial charge is 0.433 e. The van der Waals surface area contributed by atoms with Crippen LogP contribution in [0.2, 0.25) is 10.0 Å². The highest BCUT2D eigenvalue weighted by Gasteiger charge is 2.44. The first-order valence-electron chi connectivity index (χ1n) is 12.9. The van der Waals surface area contributed by atoms with Gasteiger partial charge in [-0.3, -0.25) is 19.3 Å². The molecule has 0 atom stereocenters. The molecule has 7 nitrogen and oxygen atoms in total. The second-order valence-corrected chi connectivity index (χ2v) is 10.8. The molecular weight excluding hydrogens is 544 g/mol. The number of rotatable bonds is 7. The summed E-state index contributed by atoms with van der Waals surface area (Å²) in [6.45, 7) is 0.166. The van der Waals surface area contributed by atoms with Gasteiger partial charge in [-0.05, 0) is 50.5 Å². The Morgan fingerprint density at radius 1 is 1.03 bits per heavy atom. The number of hydrogen-bond donors (Lipinski definition) is 0. The molecule has 4 rings (SSSR count). The Kier molecular flexibility index (Phi) is 9.23. The van der Waals surface area contributed by atoms with Gasteiger partial charge in [0.2, 0.25) is 0 Å². The summed E-state index contributed by atoms with van der Waals surface area (Å²) in [5, 5.41) is 4.77.